The Kier molecular flexibility index (Phi) is 22.7. The van der Waals surface area contributed by atoms with Gasteiger partial charge in [-0.1, -0.05) is 0 Å². The number of piperidine rings is 3. The molecule has 0 bridgehead atoms. The summed E-state index contributed by atoms with van der Waals surface area (Å²) in [6.07, 6.45) is 15.1. The van der Waals surface area contributed by atoms with Gasteiger partial charge in [0.05, 0.1) is 76.2 Å². The van der Waals surface area contributed by atoms with Crippen LogP contribution in [-0.4, -0.2) is 139 Å². The van der Waals surface area contributed by atoms with Gasteiger partial charge in [0.2, 0.25) is 0 Å². The Morgan fingerprint density at radius 2 is 1.07 bits per heavy atom. The summed E-state index contributed by atoms with van der Waals surface area (Å²) in [5.74, 6) is 0. The number of carbonyl (C=O) groups is 2. The third kappa shape index (κ3) is 17.3. The summed E-state index contributed by atoms with van der Waals surface area (Å²) in [4.78, 5) is 51.0. The smallest absolute Gasteiger partial charge is 0.410 e. The molecular weight excluding hydrogens is 1390 g/mol. The lowest BCUT2D eigenvalue weighted by Crippen LogP contribution is -2.47. The molecule has 8 aromatic rings. The molecule has 0 unspecified atom stereocenters. The molecule has 3 fully saturated rings. The van der Waals surface area contributed by atoms with Crippen molar-refractivity contribution in [3.05, 3.63) is 96.6 Å². The zero-order chi connectivity index (χ0) is 59.4. The number of likely N-dealkylation sites (tertiary alicyclic amines) is 2. The number of nitrogens with two attached hydrogens (primary N) is 1. The van der Waals surface area contributed by atoms with Crippen molar-refractivity contribution in [1.29, 1.82) is 0 Å². The molecule has 8 heterocycles. The number of nitrogens with zero attached hydrogens (tertiary/aromatic N) is 9. The number of pyridine rings is 3. The molecular formula is C61H79I3N12O7. The van der Waals surface area contributed by atoms with E-state index in [1.54, 1.807) is 11.1 Å². The number of nitrogens with one attached hydrogen (secondary N) is 2. The first-order valence-corrected chi connectivity index (χ1v) is 31.9. The van der Waals surface area contributed by atoms with Crippen LogP contribution in [0.5, 0.6) is 0 Å². The lowest BCUT2D eigenvalue weighted by atomic mass is 10.0. The van der Waals surface area contributed by atoms with Crippen molar-refractivity contribution in [1.82, 2.24) is 49.2 Å². The molecule has 0 radical (unpaired) electrons. The summed E-state index contributed by atoms with van der Waals surface area (Å²) >= 11 is 6.96. The van der Waals surface area contributed by atoms with E-state index in [1.165, 1.54) is 30.9 Å². The van der Waals surface area contributed by atoms with Crippen molar-refractivity contribution >= 4 is 146 Å². The number of ether oxygens (including phenoxy) is 5. The molecule has 83 heavy (non-hydrogen) atoms. The fourth-order valence-corrected chi connectivity index (χ4v) is 11.8. The molecule has 446 valence electrons. The van der Waals surface area contributed by atoms with Gasteiger partial charge >= 0.3 is 12.2 Å². The van der Waals surface area contributed by atoms with E-state index in [2.05, 4.69) is 149 Å². The van der Waals surface area contributed by atoms with Gasteiger partial charge in [0.25, 0.3) is 6.48 Å². The summed E-state index contributed by atoms with van der Waals surface area (Å²) in [5.41, 5.74) is 13.9. The van der Waals surface area contributed by atoms with Gasteiger partial charge in [-0.05, 0) is 230 Å². The van der Waals surface area contributed by atoms with Gasteiger partial charge in [-0.15, -0.1) is 0 Å². The maximum Gasteiger partial charge on any atom is 0.410 e. The van der Waals surface area contributed by atoms with E-state index in [0.29, 0.717) is 44.6 Å². The van der Waals surface area contributed by atoms with Crippen LogP contribution < -0.4 is 16.4 Å². The van der Waals surface area contributed by atoms with Gasteiger partial charge in [0.1, 0.15) is 22.2 Å². The molecule has 3 aliphatic rings. The number of benzene rings is 3. The van der Waals surface area contributed by atoms with Gasteiger partial charge in [-0.2, -0.15) is 0 Å². The Morgan fingerprint density at radius 3 is 1.57 bits per heavy atom. The minimum absolute atomic E-state index is 0.127. The second-order valence-electron chi connectivity index (χ2n) is 22.6. The zero-order valence-electron chi connectivity index (χ0n) is 49.1. The number of amides is 2. The largest absolute Gasteiger partial charge is 0.444 e. The van der Waals surface area contributed by atoms with Crippen LogP contribution in [0.1, 0.15) is 113 Å². The van der Waals surface area contributed by atoms with Crippen LogP contribution in [0, 0.1) is 10.7 Å². The molecule has 19 nitrogen and oxygen atoms in total. The molecule has 3 saturated heterocycles. The minimum atomic E-state index is -0.486. The number of hydrogen-bond donors (Lipinski definition) is 3. The number of rotatable bonds is 10. The first-order valence-electron chi connectivity index (χ1n) is 28.7. The number of fused-ring (bicyclic) bond motifs is 7. The quantitative estimate of drug-likeness (QED) is 0.0859. The summed E-state index contributed by atoms with van der Waals surface area (Å²) < 4.78 is 34.4. The van der Waals surface area contributed by atoms with Gasteiger partial charge < -0.3 is 59.0 Å². The summed E-state index contributed by atoms with van der Waals surface area (Å²) in [5, 5.41) is 10.3. The lowest BCUT2D eigenvalue weighted by Gasteiger charge is -2.35. The summed E-state index contributed by atoms with van der Waals surface area (Å²) in [6, 6.07) is 19.6. The van der Waals surface area contributed by atoms with Crippen molar-refractivity contribution < 1.29 is 33.3 Å². The molecule has 0 aliphatic carbocycles. The predicted octanol–water partition coefficient (Wildman–Crippen LogP) is 13.5. The van der Waals surface area contributed by atoms with Gasteiger partial charge in [-0.25, -0.2) is 19.6 Å². The second kappa shape index (κ2) is 29.4. The van der Waals surface area contributed by atoms with Gasteiger partial charge in [0, 0.05) is 91.5 Å². The Bertz CT molecular complexity index is 3450. The van der Waals surface area contributed by atoms with E-state index in [0.717, 1.165) is 105 Å². The maximum atomic E-state index is 12.5. The highest BCUT2D eigenvalue weighted by atomic mass is 127. The van der Waals surface area contributed by atoms with Crippen molar-refractivity contribution in [3.63, 3.8) is 0 Å². The molecule has 22 heteroatoms. The number of carbonyl (C=O) groups excluding carboxylic acids is 2. The fourth-order valence-electron chi connectivity index (χ4n) is 10.4. The Balaban J connectivity index is 0.000000152. The maximum absolute atomic E-state index is 12.5. The van der Waals surface area contributed by atoms with Crippen LogP contribution in [0.25, 0.3) is 54.8 Å². The lowest BCUT2D eigenvalue weighted by molar-refractivity contribution is -0.282. The van der Waals surface area contributed by atoms with Crippen molar-refractivity contribution in [2.24, 2.45) is 0 Å². The van der Waals surface area contributed by atoms with Crippen LogP contribution in [0.3, 0.4) is 0 Å². The standard InChI is InChI=1S/C20H23IN4O2.C19H25IN4O2.C15H15IN4.C7H16O3/c1-20(2,3)27-19(26)24-8-4-5-14(11-24)25-12-23-17-10-22-16-7-6-13(21)9-15(16)18(17)25;1-19(2,3)26-18(25)24-8-4-5-13(11-24)23-17-14-9-12(20)6-7-16(14)22-10-15(17)21;16-10-3-4-13-12(6-10)15-14(8-18-13)19-9-20(15)11-2-1-5-17-7-11;1-4-8-7(9-5-2)10-6-3/h6-7,9-10,12,14H,4-5,8,11H2,1-3H3;6-7,9-10,13H,4-5,8,11,21H2,1-3H3,(H,22,23);3-4,6,8-9,11,17H,1-2,5,7H2;7H,4-6H2,1-3H3/t14-;13-;11-;/m000./s1. The van der Waals surface area contributed by atoms with Gasteiger partial charge in [0.15, 0.2) is 0 Å². The summed E-state index contributed by atoms with van der Waals surface area (Å²) in [6.45, 7) is 23.3. The zero-order valence-corrected chi connectivity index (χ0v) is 55.6. The van der Waals surface area contributed by atoms with Crippen molar-refractivity contribution in [2.45, 2.75) is 137 Å². The van der Waals surface area contributed by atoms with Crippen LogP contribution in [0.2, 0.25) is 0 Å². The van der Waals surface area contributed by atoms with Crippen LogP contribution in [0.15, 0.2) is 85.8 Å². The Hall–Kier alpha value is -5.00. The van der Waals surface area contributed by atoms with Gasteiger partial charge in [-0.3, -0.25) is 15.0 Å². The fraction of sp³-hybridized carbons (Fsp3) is 0.492. The Labute approximate surface area is 527 Å². The number of nitrogen functional groups attached to an aromatic ring is 1. The van der Waals surface area contributed by atoms with Crippen LogP contribution in [0.4, 0.5) is 21.0 Å². The molecule has 3 atom stereocenters. The number of imidazole rings is 2. The van der Waals surface area contributed by atoms with E-state index in [1.807, 2.05) is 110 Å². The Morgan fingerprint density at radius 1 is 0.614 bits per heavy atom. The van der Waals surface area contributed by atoms with Crippen molar-refractivity contribution in [2.75, 3.05) is 70.1 Å². The highest BCUT2D eigenvalue weighted by molar-refractivity contribution is 14.1. The minimum Gasteiger partial charge on any atom is -0.444 e. The van der Waals surface area contributed by atoms with Crippen LogP contribution in [-0.2, 0) is 23.7 Å². The average molecular weight is 1470 g/mol. The number of anilines is 2. The molecule has 0 spiro atoms. The molecule has 2 amide bonds. The number of hydrogen-bond acceptors (Lipinski definition) is 15. The van der Waals surface area contributed by atoms with E-state index in [-0.39, 0.29) is 24.3 Å². The highest BCUT2D eigenvalue weighted by Gasteiger charge is 2.31. The average Bonchev–Trinajstić information content (AvgIpc) is 3.17. The van der Waals surface area contributed by atoms with E-state index >= 15 is 0 Å². The molecule has 3 aliphatic heterocycles. The third-order valence-electron chi connectivity index (χ3n) is 14.0. The van der Waals surface area contributed by atoms with E-state index in [9.17, 15) is 9.59 Å². The molecule has 11 rings (SSSR count). The second-order valence-corrected chi connectivity index (χ2v) is 26.4. The van der Waals surface area contributed by atoms with E-state index in [4.69, 9.17) is 29.4 Å². The normalized spacial score (nSPS) is 17.6. The SMILES string of the molecule is CC(C)(C)OC(=O)N1CCC[C@H](Nc2c(N)cnc3ccc(I)cc23)C1.CC(C)(C)OC(=O)N1CCC[C@H](n2cnc3cnc4ccc(I)cc4c32)C1.CCOC(OCC)OCC.Ic1ccc2ncc3ncn([C@H]4CCCNC4)c3c2c1. The predicted molar refractivity (Wildman–Crippen MR) is 355 cm³/mol. The topological polar surface area (TPSA) is 211 Å². The highest BCUT2D eigenvalue weighted by Crippen LogP contribution is 2.34. The molecule has 5 aromatic heterocycles. The monoisotopic (exact) mass is 1470 g/mol. The molecule has 0 saturated carbocycles. The van der Waals surface area contributed by atoms with E-state index < -0.39 is 17.7 Å². The third-order valence-corrected chi connectivity index (χ3v) is 16.0. The first kappa shape index (κ1) is 64.0. The van der Waals surface area contributed by atoms with Crippen molar-refractivity contribution in [3.8, 4) is 0 Å². The summed E-state index contributed by atoms with van der Waals surface area (Å²) in [7, 11) is 0. The molecule has 3 aromatic carbocycles. The number of aromatic nitrogens is 7. The molecule has 4 N–H and O–H groups in total. The number of halogens is 3. The first-order chi connectivity index (χ1) is 39.7. The van der Waals surface area contributed by atoms with Crippen LogP contribution >= 0.6 is 67.8 Å².